The van der Waals surface area contributed by atoms with Crippen LogP contribution >= 0.6 is 34.5 Å². The van der Waals surface area contributed by atoms with Crippen LogP contribution in [0.15, 0.2) is 18.2 Å². The van der Waals surface area contributed by atoms with Crippen LogP contribution in [0.4, 0.5) is 0 Å². The predicted molar refractivity (Wildman–Crippen MR) is 89.7 cm³/mol. The van der Waals surface area contributed by atoms with E-state index in [1.165, 1.54) is 11.3 Å². The standard InChI is InChI=1S/C15H17Cl2NO2S/c1-3-15(20,4-2)8-18-14(19)13-12(17)10-6-5-9(16)7-11(10)21-13/h5-7,20H,3-4,8H2,1-2H3,(H,18,19). The third-order valence-corrected chi connectivity index (χ3v) is 5.58. The van der Waals surface area contributed by atoms with E-state index in [4.69, 9.17) is 23.2 Å². The number of thiophene rings is 1. The molecule has 0 aliphatic rings. The Bertz CT molecular complexity index is 665. The molecule has 2 N–H and O–H groups in total. The zero-order valence-electron chi connectivity index (χ0n) is 11.9. The van der Waals surface area contributed by atoms with Crippen molar-refractivity contribution in [3.63, 3.8) is 0 Å². The zero-order chi connectivity index (χ0) is 15.6. The van der Waals surface area contributed by atoms with E-state index < -0.39 is 5.60 Å². The third kappa shape index (κ3) is 3.51. The first kappa shape index (κ1) is 16.6. The Morgan fingerprint density at radius 2 is 2.00 bits per heavy atom. The number of nitrogens with one attached hydrogen (secondary N) is 1. The molecule has 0 radical (unpaired) electrons. The lowest BCUT2D eigenvalue weighted by Gasteiger charge is -2.25. The Labute approximate surface area is 137 Å². The summed E-state index contributed by atoms with van der Waals surface area (Å²) < 4.78 is 0.874. The summed E-state index contributed by atoms with van der Waals surface area (Å²) in [6.07, 6.45) is 1.17. The van der Waals surface area contributed by atoms with Crippen molar-refractivity contribution in [3.05, 3.63) is 33.1 Å². The van der Waals surface area contributed by atoms with E-state index in [0.717, 1.165) is 10.1 Å². The van der Waals surface area contributed by atoms with E-state index in [-0.39, 0.29) is 12.5 Å². The van der Waals surface area contributed by atoms with E-state index in [9.17, 15) is 9.90 Å². The highest BCUT2D eigenvalue weighted by atomic mass is 35.5. The molecule has 3 nitrogen and oxygen atoms in total. The first-order valence-corrected chi connectivity index (χ1v) is 8.35. The van der Waals surface area contributed by atoms with Crippen molar-refractivity contribution in [3.8, 4) is 0 Å². The fraction of sp³-hybridized carbons (Fsp3) is 0.400. The van der Waals surface area contributed by atoms with Crippen LogP contribution in [0.1, 0.15) is 36.4 Å². The molecule has 1 aromatic heterocycles. The van der Waals surface area contributed by atoms with Crippen molar-refractivity contribution in [1.82, 2.24) is 5.32 Å². The summed E-state index contributed by atoms with van der Waals surface area (Å²) >= 11 is 13.5. The molecule has 0 unspecified atom stereocenters. The Morgan fingerprint density at radius 1 is 1.33 bits per heavy atom. The molecule has 0 saturated heterocycles. The number of aliphatic hydroxyl groups is 1. The molecule has 0 bridgehead atoms. The van der Waals surface area contributed by atoms with Crippen molar-refractivity contribution in [1.29, 1.82) is 0 Å². The lowest BCUT2D eigenvalue weighted by molar-refractivity contribution is 0.0314. The summed E-state index contributed by atoms with van der Waals surface area (Å²) in [6, 6.07) is 5.34. The first-order chi connectivity index (χ1) is 9.90. The second-order valence-electron chi connectivity index (χ2n) is 5.00. The van der Waals surface area contributed by atoms with Crippen molar-refractivity contribution < 1.29 is 9.90 Å². The van der Waals surface area contributed by atoms with E-state index in [1.807, 2.05) is 19.9 Å². The van der Waals surface area contributed by atoms with Gasteiger partial charge >= 0.3 is 0 Å². The van der Waals surface area contributed by atoms with Crippen LogP contribution in [0.3, 0.4) is 0 Å². The zero-order valence-corrected chi connectivity index (χ0v) is 14.2. The minimum Gasteiger partial charge on any atom is -0.388 e. The maximum absolute atomic E-state index is 12.3. The molecule has 0 saturated carbocycles. The van der Waals surface area contributed by atoms with Crippen LogP contribution < -0.4 is 5.32 Å². The summed E-state index contributed by atoms with van der Waals surface area (Å²) in [5.74, 6) is -0.266. The minimum atomic E-state index is -0.873. The Kier molecular flexibility index (Phi) is 5.15. The van der Waals surface area contributed by atoms with Gasteiger partial charge in [0.1, 0.15) is 4.88 Å². The summed E-state index contributed by atoms with van der Waals surface area (Å²) in [5.41, 5.74) is -0.873. The highest BCUT2D eigenvalue weighted by molar-refractivity contribution is 7.21. The quantitative estimate of drug-likeness (QED) is 0.838. The molecule has 6 heteroatoms. The van der Waals surface area contributed by atoms with Gasteiger partial charge in [0.2, 0.25) is 0 Å². The molecule has 0 fully saturated rings. The fourth-order valence-electron chi connectivity index (χ4n) is 2.01. The van der Waals surface area contributed by atoms with Gasteiger partial charge in [-0.25, -0.2) is 0 Å². The summed E-state index contributed by atoms with van der Waals surface area (Å²) in [5, 5.41) is 14.8. The number of amides is 1. The molecule has 21 heavy (non-hydrogen) atoms. The van der Waals surface area contributed by atoms with Gasteiger partial charge in [-0.2, -0.15) is 0 Å². The highest BCUT2D eigenvalue weighted by Gasteiger charge is 2.24. The van der Waals surface area contributed by atoms with Gasteiger partial charge in [-0.3, -0.25) is 4.79 Å². The molecule has 0 spiro atoms. The smallest absolute Gasteiger partial charge is 0.263 e. The van der Waals surface area contributed by atoms with Crippen molar-refractivity contribution in [2.75, 3.05) is 6.54 Å². The average molecular weight is 346 g/mol. The molecule has 1 heterocycles. The van der Waals surface area contributed by atoms with Gasteiger partial charge in [-0.05, 0) is 25.0 Å². The molecular formula is C15H17Cl2NO2S. The van der Waals surface area contributed by atoms with Crippen molar-refractivity contribution in [2.24, 2.45) is 0 Å². The number of hydrogen-bond donors (Lipinski definition) is 2. The van der Waals surface area contributed by atoms with Crippen LogP contribution in [0.2, 0.25) is 10.0 Å². The Hall–Kier alpha value is -0.810. The molecule has 2 rings (SSSR count). The normalized spacial score (nSPS) is 11.9. The second-order valence-corrected chi connectivity index (χ2v) is 6.87. The average Bonchev–Trinajstić information content (AvgIpc) is 2.81. The summed E-state index contributed by atoms with van der Waals surface area (Å²) in [4.78, 5) is 12.7. The summed E-state index contributed by atoms with van der Waals surface area (Å²) in [6.45, 7) is 4.00. The molecule has 0 aliphatic heterocycles. The van der Waals surface area contributed by atoms with Crippen LogP contribution in [-0.2, 0) is 0 Å². The van der Waals surface area contributed by atoms with E-state index in [2.05, 4.69) is 5.32 Å². The van der Waals surface area contributed by atoms with Gasteiger partial charge in [0.05, 0.1) is 10.6 Å². The largest absolute Gasteiger partial charge is 0.388 e. The molecule has 0 aliphatic carbocycles. The van der Waals surface area contributed by atoms with Crippen LogP contribution in [-0.4, -0.2) is 23.2 Å². The molecule has 1 aromatic carbocycles. The molecule has 0 atom stereocenters. The fourth-order valence-corrected chi connectivity index (χ4v) is 3.72. The number of fused-ring (bicyclic) bond motifs is 1. The lowest BCUT2D eigenvalue weighted by Crippen LogP contribution is -2.41. The molecule has 2 aromatic rings. The molecule has 1 amide bonds. The van der Waals surface area contributed by atoms with Gasteiger partial charge in [0, 0.05) is 21.7 Å². The van der Waals surface area contributed by atoms with Crippen molar-refractivity contribution in [2.45, 2.75) is 32.3 Å². The van der Waals surface area contributed by atoms with Crippen LogP contribution in [0.5, 0.6) is 0 Å². The van der Waals surface area contributed by atoms with Gasteiger partial charge in [0.25, 0.3) is 5.91 Å². The summed E-state index contributed by atoms with van der Waals surface area (Å²) in [7, 11) is 0. The van der Waals surface area contributed by atoms with Crippen LogP contribution in [0.25, 0.3) is 10.1 Å². The SMILES string of the molecule is CCC(O)(CC)CNC(=O)c1sc2cc(Cl)ccc2c1Cl. The third-order valence-electron chi connectivity index (χ3n) is 3.69. The molecule has 114 valence electrons. The number of hydrogen-bond acceptors (Lipinski definition) is 3. The Morgan fingerprint density at radius 3 is 2.62 bits per heavy atom. The predicted octanol–water partition coefficient (Wildman–Crippen LogP) is 4.49. The maximum atomic E-state index is 12.3. The number of benzene rings is 1. The lowest BCUT2D eigenvalue weighted by atomic mass is 9.98. The number of halogens is 2. The van der Waals surface area contributed by atoms with E-state index in [0.29, 0.717) is 27.8 Å². The monoisotopic (exact) mass is 345 g/mol. The maximum Gasteiger partial charge on any atom is 0.263 e. The highest BCUT2D eigenvalue weighted by Crippen LogP contribution is 2.36. The number of carbonyl (C=O) groups is 1. The number of carbonyl (C=O) groups excluding carboxylic acids is 1. The van der Waals surface area contributed by atoms with Gasteiger partial charge in [-0.1, -0.05) is 43.1 Å². The van der Waals surface area contributed by atoms with E-state index >= 15 is 0 Å². The Balaban J connectivity index is 2.22. The second kappa shape index (κ2) is 6.53. The van der Waals surface area contributed by atoms with Crippen molar-refractivity contribution >= 4 is 50.5 Å². The minimum absolute atomic E-state index is 0.212. The van der Waals surface area contributed by atoms with Gasteiger partial charge in [-0.15, -0.1) is 11.3 Å². The number of rotatable bonds is 5. The van der Waals surface area contributed by atoms with E-state index in [1.54, 1.807) is 12.1 Å². The van der Waals surface area contributed by atoms with Crippen LogP contribution in [0, 0.1) is 0 Å². The first-order valence-electron chi connectivity index (χ1n) is 6.78. The molecular weight excluding hydrogens is 329 g/mol. The van der Waals surface area contributed by atoms with Gasteiger partial charge in [0.15, 0.2) is 0 Å². The van der Waals surface area contributed by atoms with Gasteiger partial charge < -0.3 is 10.4 Å². The topological polar surface area (TPSA) is 49.3 Å².